The summed E-state index contributed by atoms with van der Waals surface area (Å²) in [5, 5.41) is 8.95. The summed E-state index contributed by atoms with van der Waals surface area (Å²) in [7, 11) is 0. The Kier molecular flexibility index (Phi) is 3.23. The molecule has 0 aromatic rings. The molecular weight excluding hydrogens is 147 g/mol. The van der Waals surface area contributed by atoms with Crippen LogP contribution in [0.25, 0.3) is 0 Å². The summed E-state index contributed by atoms with van der Waals surface area (Å²) in [5.74, 6) is 0. The van der Waals surface area contributed by atoms with Crippen LogP contribution in [0.2, 0.25) is 0 Å². The van der Waals surface area contributed by atoms with Gasteiger partial charge in [-0.3, -0.25) is 4.90 Å². The van der Waals surface area contributed by atoms with Gasteiger partial charge in [0.25, 0.3) is 0 Å². The summed E-state index contributed by atoms with van der Waals surface area (Å²) in [6.07, 6.45) is 0.124. The van der Waals surface area contributed by atoms with Crippen molar-refractivity contribution in [2.45, 2.75) is 18.6 Å². The number of hydrogen-bond donors (Lipinski definition) is 2. The minimum absolute atomic E-state index is 0.210. The summed E-state index contributed by atoms with van der Waals surface area (Å²) in [6, 6.07) is 0.210. The third kappa shape index (κ3) is 2.73. The van der Waals surface area contributed by atoms with Crippen LogP contribution in [0.4, 0.5) is 4.39 Å². The molecule has 0 saturated carbocycles. The number of aliphatic hydroxyl groups is 1. The van der Waals surface area contributed by atoms with Gasteiger partial charge in [0.15, 0.2) is 0 Å². The van der Waals surface area contributed by atoms with E-state index in [9.17, 15) is 4.39 Å². The maximum absolute atomic E-state index is 11.8. The van der Waals surface area contributed by atoms with Gasteiger partial charge in [-0.25, -0.2) is 4.39 Å². The lowest BCUT2D eigenvalue weighted by molar-refractivity contribution is 0.0991. The maximum Gasteiger partial charge on any atom is 0.117 e. The molecule has 1 heterocycles. The smallest absolute Gasteiger partial charge is 0.117 e. The molecule has 0 spiro atoms. The zero-order chi connectivity index (χ0) is 8.27. The first kappa shape index (κ1) is 8.90. The Labute approximate surface area is 66.0 Å². The quantitative estimate of drug-likeness (QED) is 0.580. The highest BCUT2D eigenvalue weighted by molar-refractivity contribution is 4.79. The Morgan fingerprint density at radius 1 is 1.73 bits per heavy atom. The summed E-state index contributed by atoms with van der Waals surface area (Å²) >= 11 is 0. The molecule has 0 amide bonds. The second-order valence-corrected chi connectivity index (χ2v) is 3.12. The fraction of sp³-hybridized carbons (Fsp3) is 1.00. The van der Waals surface area contributed by atoms with Crippen molar-refractivity contribution in [1.29, 1.82) is 0 Å². The number of rotatable bonds is 3. The summed E-state index contributed by atoms with van der Waals surface area (Å²) in [5.41, 5.74) is 5.63. The van der Waals surface area contributed by atoms with Crippen LogP contribution in [-0.4, -0.2) is 48.5 Å². The Balaban J connectivity index is 2.17. The number of hydrogen-bond acceptors (Lipinski definition) is 3. The van der Waals surface area contributed by atoms with Gasteiger partial charge in [-0.15, -0.1) is 0 Å². The maximum atomic E-state index is 11.8. The van der Waals surface area contributed by atoms with Crippen molar-refractivity contribution in [2.24, 2.45) is 5.73 Å². The summed E-state index contributed by atoms with van der Waals surface area (Å²) < 4.78 is 11.8. The molecule has 0 aromatic carbocycles. The van der Waals surface area contributed by atoms with Crippen LogP contribution < -0.4 is 5.73 Å². The van der Waals surface area contributed by atoms with Gasteiger partial charge in [0.05, 0.1) is 6.10 Å². The zero-order valence-electron chi connectivity index (χ0n) is 6.54. The molecule has 0 radical (unpaired) electrons. The molecule has 0 aliphatic carbocycles. The Morgan fingerprint density at radius 3 is 2.91 bits per heavy atom. The Morgan fingerprint density at radius 2 is 2.45 bits per heavy atom. The Hall–Kier alpha value is -0.190. The van der Waals surface area contributed by atoms with Crippen molar-refractivity contribution in [1.82, 2.24) is 4.90 Å². The van der Waals surface area contributed by atoms with E-state index in [0.717, 1.165) is 19.5 Å². The molecule has 0 aromatic heterocycles. The minimum atomic E-state index is -0.833. The molecule has 1 unspecified atom stereocenters. The lowest BCUT2D eigenvalue weighted by Gasteiger charge is -2.17. The van der Waals surface area contributed by atoms with E-state index in [-0.39, 0.29) is 6.04 Å². The van der Waals surface area contributed by atoms with Gasteiger partial charge in [0, 0.05) is 19.1 Å². The second-order valence-electron chi connectivity index (χ2n) is 3.12. The van der Waals surface area contributed by atoms with Crippen molar-refractivity contribution in [3.63, 3.8) is 0 Å². The number of aliphatic hydroxyl groups excluding tert-OH is 1. The summed E-state index contributed by atoms with van der Waals surface area (Å²) in [6.45, 7) is 1.44. The van der Waals surface area contributed by atoms with Gasteiger partial charge < -0.3 is 10.8 Å². The van der Waals surface area contributed by atoms with Crippen LogP contribution in [0.3, 0.4) is 0 Å². The molecule has 0 bridgehead atoms. The van der Waals surface area contributed by atoms with E-state index in [1.165, 1.54) is 0 Å². The SMILES string of the molecule is N[C@H]1CCN(CC(O)CF)C1. The van der Waals surface area contributed by atoms with Gasteiger partial charge >= 0.3 is 0 Å². The van der Waals surface area contributed by atoms with Crippen molar-refractivity contribution >= 4 is 0 Å². The molecule has 3 N–H and O–H groups in total. The van der Waals surface area contributed by atoms with Crippen molar-refractivity contribution in [2.75, 3.05) is 26.3 Å². The fourth-order valence-corrected chi connectivity index (χ4v) is 1.38. The topological polar surface area (TPSA) is 49.5 Å². The van der Waals surface area contributed by atoms with E-state index in [1.54, 1.807) is 0 Å². The Bertz CT molecular complexity index is 123. The van der Waals surface area contributed by atoms with Crippen LogP contribution in [0.1, 0.15) is 6.42 Å². The molecular formula is C7H15FN2O. The molecule has 4 heteroatoms. The average molecular weight is 162 g/mol. The zero-order valence-corrected chi connectivity index (χ0v) is 6.54. The van der Waals surface area contributed by atoms with Crippen molar-refractivity contribution < 1.29 is 9.50 Å². The van der Waals surface area contributed by atoms with E-state index in [4.69, 9.17) is 10.8 Å². The molecule has 3 nitrogen and oxygen atoms in total. The number of halogens is 1. The molecule has 1 saturated heterocycles. The highest BCUT2D eigenvalue weighted by Crippen LogP contribution is 2.06. The lowest BCUT2D eigenvalue weighted by Crippen LogP contribution is -2.33. The van der Waals surface area contributed by atoms with Crippen molar-refractivity contribution in [3.8, 4) is 0 Å². The predicted octanol–water partition coefficient (Wildman–Crippen LogP) is -0.650. The highest BCUT2D eigenvalue weighted by atomic mass is 19.1. The van der Waals surface area contributed by atoms with Crippen LogP contribution >= 0.6 is 0 Å². The van der Waals surface area contributed by atoms with Gasteiger partial charge in [-0.2, -0.15) is 0 Å². The summed E-state index contributed by atoms with van der Waals surface area (Å²) in [4.78, 5) is 1.99. The van der Waals surface area contributed by atoms with E-state index in [0.29, 0.717) is 6.54 Å². The molecule has 2 atom stereocenters. The highest BCUT2D eigenvalue weighted by Gasteiger charge is 2.20. The number of alkyl halides is 1. The van der Waals surface area contributed by atoms with Gasteiger partial charge in [-0.05, 0) is 13.0 Å². The first-order chi connectivity index (χ1) is 5.22. The number of nitrogens with zero attached hydrogens (tertiary/aromatic N) is 1. The second kappa shape index (κ2) is 3.99. The molecule has 1 rings (SSSR count). The van der Waals surface area contributed by atoms with Gasteiger partial charge in [0.1, 0.15) is 6.67 Å². The van der Waals surface area contributed by atoms with E-state index in [1.807, 2.05) is 4.90 Å². The van der Waals surface area contributed by atoms with E-state index < -0.39 is 12.8 Å². The number of β-amino-alcohol motifs (C(OH)–C–C–N with tert-alkyl or cyclic N) is 1. The molecule has 1 fully saturated rings. The van der Waals surface area contributed by atoms with Crippen LogP contribution in [0.5, 0.6) is 0 Å². The molecule has 11 heavy (non-hydrogen) atoms. The predicted molar refractivity (Wildman–Crippen MR) is 41.0 cm³/mol. The van der Waals surface area contributed by atoms with E-state index in [2.05, 4.69) is 0 Å². The first-order valence-electron chi connectivity index (χ1n) is 3.94. The largest absolute Gasteiger partial charge is 0.389 e. The standard InChI is InChI=1S/C7H15FN2O/c8-3-7(11)5-10-2-1-6(9)4-10/h6-7,11H,1-5,9H2/t6-,7?/m0/s1. The minimum Gasteiger partial charge on any atom is -0.389 e. The third-order valence-corrected chi connectivity index (χ3v) is 1.96. The lowest BCUT2D eigenvalue weighted by atomic mass is 10.3. The van der Waals surface area contributed by atoms with E-state index >= 15 is 0 Å². The average Bonchev–Trinajstić information content (AvgIpc) is 2.35. The normalized spacial score (nSPS) is 29.2. The van der Waals surface area contributed by atoms with Crippen LogP contribution in [0, 0.1) is 0 Å². The van der Waals surface area contributed by atoms with Gasteiger partial charge in [0.2, 0.25) is 0 Å². The van der Waals surface area contributed by atoms with Crippen LogP contribution in [-0.2, 0) is 0 Å². The van der Waals surface area contributed by atoms with Crippen LogP contribution in [0.15, 0.2) is 0 Å². The first-order valence-corrected chi connectivity index (χ1v) is 3.94. The number of likely N-dealkylation sites (tertiary alicyclic amines) is 1. The van der Waals surface area contributed by atoms with Gasteiger partial charge in [-0.1, -0.05) is 0 Å². The number of nitrogens with two attached hydrogens (primary N) is 1. The molecule has 1 aliphatic heterocycles. The third-order valence-electron chi connectivity index (χ3n) is 1.96. The van der Waals surface area contributed by atoms with Crippen molar-refractivity contribution in [3.05, 3.63) is 0 Å². The fourth-order valence-electron chi connectivity index (χ4n) is 1.38. The molecule has 1 aliphatic rings. The monoisotopic (exact) mass is 162 g/mol. The molecule has 66 valence electrons.